The highest BCUT2D eigenvalue weighted by molar-refractivity contribution is 7.91. The number of nitrogens with zero attached hydrogens (tertiary/aromatic N) is 1. The van der Waals surface area contributed by atoms with Gasteiger partial charge in [-0.05, 0) is 50.6 Å². The molecule has 0 saturated heterocycles. The van der Waals surface area contributed by atoms with Crippen LogP contribution in [0.2, 0.25) is 0 Å². The highest BCUT2D eigenvalue weighted by atomic mass is 32.2. The van der Waals surface area contributed by atoms with Gasteiger partial charge in [-0.1, -0.05) is 12.1 Å². The van der Waals surface area contributed by atoms with Gasteiger partial charge in [0.25, 0.3) is 11.1 Å². The van der Waals surface area contributed by atoms with Crippen molar-refractivity contribution >= 4 is 31.8 Å². The van der Waals surface area contributed by atoms with Crippen LogP contribution in [0, 0.1) is 0 Å². The molecule has 2 heterocycles. The van der Waals surface area contributed by atoms with E-state index in [1.165, 1.54) is 6.92 Å². The lowest BCUT2D eigenvalue weighted by Crippen LogP contribution is -2.43. The number of hydrogen-bond donors (Lipinski definition) is 4. The summed E-state index contributed by atoms with van der Waals surface area (Å²) in [5.41, 5.74) is -4.33. The molecule has 12 nitrogen and oxygen atoms in total. The SMILES string of the molecule is CC(C)OC(C)c1cc2c(=O)n(NS(C)(=O)=O)c(=O)[nH]c2cc1C(F)(F)F.O=c1[nH]c(=O)c2ccccc2[nH]1. The molecule has 0 radical (unpaired) electrons. The van der Waals surface area contributed by atoms with Crippen LogP contribution in [0.4, 0.5) is 13.2 Å². The average Bonchev–Trinajstić information content (AvgIpc) is 2.80. The van der Waals surface area contributed by atoms with Crippen LogP contribution >= 0.6 is 0 Å². The molecule has 39 heavy (non-hydrogen) atoms. The minimum atomic E-state index is -4.76. The molecule has 0 amide bonds. The van der Waals surface area contributed by atoms with Gasteiger partial charge >= 0.3 is 17.6 Å². The number of rotatable bonds is 5. The number of H-pyrrole nitrogens is 3. The Bertz CT molecular complexity index is 1870. The summed E-state index contributed by atoms with van der Waals surface area (Å²) in [4.78, 5) is 54.8. The second-order valence-electron chi connectivity index (χ2n) is 8.70. The van der Waals surface area contributed by atoms with Gasteiger partial charge < -0.3 is 14.7 Å². The van der Waals surface area contributed by atoms with Crippen LogP contribution in [0.3, 0.4) is 0 Å². The molecule has 0 spiro atoms. The first-order valence-electron chi connectivity index (χ1n) is 11.2. The molecule has 16 heteroatoms. The van der Waals surface area contributed by atoms with Gasteiger partial charge in [0.2, 0.25) is 10.0 Å². The number of sulfonamides is 1. The Morgan fingerprint density at radius 1 is 0.923 bits per heavy atom. The predicted molar refractivity (Wildman–Crippen MR) is 138 cm³/mol. The first-order valence-corrected chi connectivity index (χ1v) is 13.1. The Hall–Kier alpha value is -4.18. The highest BCUT2D eigenvalue weighted by Gasteiger charge is 2.36. The summed E-state index contributed by atoms with van der Waals surface area (Å²) in [6.45, 7) is 4.69. The molecule has 0 fully saturated rings. The number of alkyl halides is 3. The maximum absolute atomic E-state index is 13.5. The van der Waals surface area contributed by atoms with Crippen molar-refractivity contribution in [3.63, 3.8) is 0 Å². The minimum Gasteiger partial charge on any atom is -0.371 e. The van der Waals surface area contributed by atoms with Gasteiger partial charge in [-0.15, -0.1) is 0 Å². The van der Waals surface area contributed by atoms with E-state index in [-0.39, 0.29) is 32.8 Å². The van der Waals surface area contributed by atoms with E-state index in [9.17, 15) is 40.8 Å². The van der Waals surface area contributed by atoms with Gasteiger partial charge in [0.1, 0.15) is 0 Å². The predicted octanol–water partition coefficient (Wildman–Crippen LogP) is 1.91. The molecular weight excluding hydrogens is 547 g/mol. The van der Waals surface area contributed by atoms with Gasteiger partial charge in [0.05, 0.1) is 45.8 Å². The third-order valence-corrected chi connectivity index (χ3v) is 5.71. The first kappa shape index (κ1) is 29.4. The quantitative estimate of drug-likeness (QED) is 0.283. The van der Waals surface area contributed by atoms with Crippen LogP contribution in [0.15, 0.2) is 55.6 Å². The Kier molecular flexibility index (Phi) is 8.21. The van der Waals surface area contributed by atoms with E-state index < -0.39 is 44.8 Å². The van der Waals surface area contributed by atoms with E-state index in [1.54, 1.807) is 42.9 Å². The van der Waals surface area contributed by atoms with Gasteiger partial charge in [0, 0.05) is 0 Å². The van der Waals surface area contributed by atoms with Crippen molar-refractivity contribution in [2.75, 3.05) is 11.1 Å². The Morgan fingerprint density at radius 3 is 2.15 bits per heavy atom. The fourth-order valence-electron chi connectivity index (χ4n) is 3.71. The molecule has 1 unspecified atom stereocenters. The number of fused-ring (bicyclic) bond motifs is 2. The van der Waals surface area contributed by atoms with Gasteiger partial charge in [-0.2, -0.15) is 17.8 Å². The second-order valence-corrected chi connectivity index (χ2v) is 10.4. The molecular formula is C23H24F3N5O7S. The molecule has 0 bridgehead atoms. The molecule has 4 rings (SSSR count). The number of halogens is 3. The van der Waals surface area contributed by atoms with Crippen LogP contribution < -0.4 is 27.3 Å². The fraction of sp³-hybridized carbons (Fsp3) is 0.304. The first-order chi connectivity index (χ1) is 18.0. The van der Waals surface area contributed by atoms with E-state index in [2.05, 4.69) is 15.0 Å². The molecule has 4 N–H and O–H groups in total. The van der Waals surface area contributed by atoms with Crippen LogP contribution in [0.25, 0.3) is 21.8 Å². The topological polar surface area (TPSA) is 176 Å². The Morgan fingerprint density at radius 2 is 1.56 bits per heavy atom. The van der Waals surface area contributed by atoms with Gasteiger partial charge in [-0.3, -0.25) is 14.6 Å². The summed E-state index contributed by atoms with van der Waals surface area (Å²) >= 11 is 0. The molecule has 1 atom stereocenters. The van der Waals surface area contributed by atoms with Crippen molar-refractivity contribution in [2.24, 2.45) is 0 Å². The summed E-state index contributed by atoms with van der Waals surface area (Å²) in [5, 5.41) is 0.199. The average molecular weight is 572 g/mol. The van der Waals surface area contributed by atoms with Crippen molar-refractivity contribution in [1.29, 1.82) is 0 Å². The van der Waals surface area contributed by atoms with E-state index in [0.717, 1.165) is 12.3 Å². The fourth-order valence-corrected chi connectivity index (χ4v) is 4.20. The summed E-state index contributed by atoms with van der Waals surface area (Å²) in [7, 11) is -3.98. The Labute approximate surface area is 217 Å². The molecule has 4 aromatic rings. The summed E-state index contributed by atoms with van der Waals surface area (Å²) in [5.74, 6) is 0. The maximum atomic E-state index is 13.5. The molecule has 0 aliphatic carbocycles. The normalized spacial score (nSPS) is 12.8. The molecule has 2 aromatic carbocycles. The molecule has 2 aromatic heterocycles. The third kappa shape index (κ3) is 7.02. The van der Waals surface area contributed by atoms with Crippen molar-refractivity contribution in [3.8, 4) is 0 Å². The number of aromatic nitrogens is 4. The zero-order valence-corrected chi connectivity index (χ0v) is 21.8. The third-order valence-electron chi connectivity index (χ3n) is 5.19. The molecule has 0 aliphatic heterocycles. The van der Waals surface area contributed by atoms with E-state index in [0.29, 0.717) is 17.0 Å². The van der Waals surface area contributed by atoms with Gasteiger partial charge in [-0.25, -0.2) is 22.8 Å². The van der Waals surface area contributed by atoms with Crippen molar-refractivity contribution in [1.82, 2.24) is 19.6 Å². The zero-order chi connectivity index (χ0) is 29.3. The van der Waals surface area contributed by atoms with E-state index in [4.69, 9.17) is 4.74 Å². The maximum Gasteiger partial charge on any atom is 0.416 e. The highest BCUT2D eigenvalue weighted by Crippen LogP contribution is 2.37. The number of aromatic amines is 3. The lowest BCUT2D eigenvalue weighted by atomic mass is 10.00. The zero-order valence-electron chi connectivity index (χ0n) is 21.0. The molecule has 210 valence electrons. The minimum absolute atomic E-state index is 0.183. The van der Waals surface area contributed by atoms with Crippen LogP contribution in [0.1, 0.15) is 38.0 Å². The smallest absolute Gasteiger partial charge is 0.371 e. The number of ether oxygens (including phenoxy) is 1. The number of hydrogen-bond acceptors (Lipinski definition) is 7. The van der Waals surface area contributed by atoms with Crippen LogP contribution in [0.5, 0.6) is 0 Å². The summed E-state index contributed by atoms with van der Waals surface area (Å²) < 4.78 is 68.6. The lowest BCUT2D eigenvalue weighted by Gasteiger charge is -2.21. The van der Waals surface area contributed by atoms with Crippen molar-refractivity contribution < 1.29 is 26.3 Å². The summed E-state index contributed by atoms with van der Waals surface area (Å²) in [6, 6.07) is 8.44. The number of nitrogens with one attached hydrogen (secondary N) is 4. The molecule has 0 saturated carbocycles. The van der Waals surface area contributed by atoms with Crippen molar-refractivity contribution in [2.45, 2.75) is 39.2 Å². The number of para-hydroxylation sites is 1. The lowest BCUT2D eigenvalue weighted by molar-refractivity contribution is -0.139. The number of benzene rings is 2. The van der Waals surface area contributed by atoms with Crippen LogP contribution in [-0.2, 0) is 20.9 Å². The van der Waals surface area contributed by atoms with Gasteiger partial charge in [0.15, 0.2) is 0 Å². The van der Waals surface area contributed by atoms with Crippen molar-refractivity contribution in [3.05, 3.63) is 89.2 Å². The Balaban J connectivity index is 0.000000289. The second kappa shape index (κ2) is 10.9. The van der Waals surface area contributed by atoms with E-state index >= 15 is 0 Å². The van der Waals surface area contributed by atoms with Crippen LogP contribution in [-0.4, -0.2) is 40.4 Å². The standard InChI is InChI=1S/C15H18F3N3O5S.C8H6N2O2/c1-7(2)26-8(3)9-5-10-12(6-11(9)15(16,17)18)19-14(23)21(13(10)22)20-27(4,24)25;11-7-5-3-1-2-4-6(5)9-8(12)10-7/h5-8,20H,1-4H3,(H,19,23);1-4H,(H2,9,10,11,12). The summed E-state index contributed by atoms with van der Waals surface area (Å²) in [6.07, 6.45) is -5.42. The largest absolute Gasteiger partial charge is 0.416 e. The monoisotopic (exact) mass is 571 g/mol. The van der Waals surface area contributed by atoms with E-state index in [1.807, 2.05) is 0 Å². The molecule has 0 aliphatic rings.